The van der Waals surface area contributed by atoms with Crippen LogP contribution in [0.5, 0.6) is 34.5 Å². The third-order valence-electron chi connectivity index (χ3n) is 5.99. The zero-order chi connectivity index (χ0) is 25.5. The second kappa shape index (κ2) is 11.7. The van der Waals surface area contributed by atoms with Crippen LogP contribution in [-0.4, -0.2) is 73.5 Å². The minimum Gasteiger partial charge on any atom is -0.496 e. The molecule has 0 bridgehead atoms. The van der Waals surface area contributed by atoms with Crippen LogP contribution in [0.1, 0.15) is 27.9 Å². The highest BCUT2D eigenvalue weighted by molar-refractivity contribution is 6.11. The molecule has 0 amide bonds. The van der Waals surface area contributed by atoms with Crippen LogP contribution in [0.4, 0.5) is 0 Å². The average Bonchev–Trinajstić information content (AvgIpc) is 2.90. The van der Waals surface area contributed by atoms with Gasteiger partial charge in [-0.15, -0.1) is 0 Å². The highest BCUT2D eigenvalue weighted by atomic mass is 16.5. The number of nitrogens with zero attached hydrogens (tertiary/aromatic N) is 1. The molecule has 0 fully saturated rings. The van der Waals surface area contributed by atoms with Crippen molar-refractivity contribution in [1.82, 2.24) is 4.90 Å². The first-order chi connectivity index (χ1) is 16.9. The molecule has 35 heavy (non-hydrogen) atoms. The van der Waals surface area contributed by atoms with Crippen LogP contribution < -0.4 is 28.4 Å². The first-order valence-electron chi connectivity index (χ1n) is 11.2. The summed E-state index contributed by atoms with van der Waals surface area (Å²) in [6.45, 7) is 1.75. The predicted molar refractivity (Wildman–Crippen MR) is 136 cm³/mol. The molecular weight excluding hydrogens is 450 g/mol. The molecule has 8 heteroatoms. The zero-order valence-corrected chi connectivity index (χ0v) is 21.4. The van der Waals surface area contributed by atoms with Crippen LogP contribution in [0.2, 0.25) is 0 Å². The summed E-state index contributed by atoms with van der Waals surface area (Å²) in [7, 11) is 11.4. The van der Waals surface area contributed by atoms with Crippen molar-refractivity contribution >= 4 is 17.4 Å². The number of ketones is 1. The topological polar surface area (TPSA) is 75.7 Å². The molecule has 1 aliphatic rings. The quantitative estimate of drug-likeness (QED) is 0.365. The Bertz CT molecular complexity index is 1110. The molecule has 0 radical (unpaired) electrons. The molecule has 0 saturated heterocycles. The Morgan fingerprint density at radius 1 is 0.829 bits per heavy atom. The first-order valence-corrected chi connectivity index (χ1v) is 11.2. The number of methoxy groups -OCH3 is 6. The fourth-order valence-electron chi connectivity index (χ4n) is 4.12. The van der Waals surface area contributed by atoms with Gasteiger partial charge < -0.3 is 33.3 Å². The Morgan fingerprint density at radius 3 is 1.94 bits per heavy atom. The molecule has 1 aliphatic heterocycles. The van der Waals surface area contributed by atoms with E-state index in [1.54, 1.807) is 39.5 Å². The van der Waals surface area contributed by atoms with Crippen molar-refractivity contribution in [2.45, 2.75) is 6.42 Å². The van der Waals surface area contributed by atoms with Gasteiger partial charge in [-0.3, -0.25) is 4.79 Å². The molecule has 0 N–H and O–H groups in total. The maximum atomic E-state index is 13.3. The smallest absolute Gasteiger partial charge is 0.193 e. The van der Waals surface area contributed by atoms with Gasteiger partial charge in [-0.25, -0.2) is 0 Å². The lowest BCUT2D eigenvalue weighted by molar-refractivity contribution is 0.104. The summed E-state index contributed by atoms with van der Waals surface area (Å²) in [5.74, 6) is 2.67. The number of benzene rings is 2. The van der Waals surface area contributed by atoms with Gasteiger partial charge in [0.1, 0.15) is 40.1 Å². The van der Waals surface area contributed by atoms with Gasteiger partial charge in [-0.2, -0.15) is 0 Å². The van der Waals surface area contributed by atoms with Crippen molar-refractivity contribution in [2.24, 2.45) is 0 Å². The number of likely N-dealkylation sites (N-methyl/N-ethyl adjacent to an activating group) is 1. The Morgan fingerprint density at radius 2 is 1.46 bits per heavy atom. The summed E-state index contributed by atoms with van der Waals surface area (Å²) in [6.07, 6.45) is 6.15. The third-order valence-corrected chi connectivity index (χ3v) is 5.99. The molecular formula is C27H33NO7. The molecule has 0 aromatic heterocycles. The number of hydrogen-bond donors (Lipinski definition) is 0. The maximum Gasteiger partial charge on any atom is 0.193 e. The lowest BCUT2D eigenvalue weighted by Gasteiger charge is -2.25. The number of rotatable bonds is 10. The molecule has 1 heterocycles. The van der Waals surface area contributed by atoms with Gasteiger partial charge in [0.25, 0.3) is 0 Å². The van der Waals surface area contributed by atoms with E-state index in [1.165, 1.54) is 27.4 Å². The monoisotopic (exact) mass is 483 g/mol. The summed E-state index contributed by atoms with van der Waals surface area (Å²) in [5, 5.41) is 0. The van der Waals surface area contributed by atoms with Crippen LogP contribution in [0.15, 0.2) is 30.4 Å². The van der Waals surface area contributed by atoms with Gasteiger partial charge in [0.15, 0.2) is 5.78 Å². The summed E-state index contributed by atoms with van der Waals surface area (Å²) < 4.78 is 33.3. The number of carbonyl (C=O) groups excluding carboxylic acids is 1. The summed E-state index contributed by atoms with van der Waals surface area (Å²) in [4.78, 5) is 15.5. The van der Waals surface area contributed by atoms with Crippen molar-refractivity contribution < 1.29 is 33.2 Å². The SMILES string of the molecule is COc1cc(OC)c(C(=O)/C=C/c2c(OC)cc(OC)c(C3=CCN(C)CC3)c2OC)c(OC)c1. The normalized spacial score (nSPS) is 13.9. The predicted octanol–water partition coefficient (Wildman–Crippen LogP) is 4.35. The van der Waals surface area contributed by atoms with Crippen LogP contribution >= 0.6 is 0 Å². The van der Waals surface area contributed by atoms with E-state index < -0.39 is 0 Å². The minimum atomic E-state index is -0.304. The van der Waals surface area contributed by atoms with Gasteiger partial charge in [-0.1, -0.05) is 6.08 Å². The Hall–Kier alpha value is -3.65. The van der Waals surface area contributed by atoms with E-state index in [0.717, 1.165) is 30.6 Å². The Labute approximate surface area is 206 Å². The van der Waals surface area contributed by atoms with E-state index in [0.29, 0.717) is 40.1 Å². The van der Waals surface area contributed by atoms with E-state index >= 15 is 0 Å². The number of allylic oxidation sites excluding steroid dienone is 1. The van der Waals surface area contributed by atoms with Gasteiger partial charge in [0.05, 0.1) is 53.8 Å². The molecule has 0 spiro atoms. The van der Waals surface area contributed by atoms with Crippen LogP contribution in [0.25, 0.3) is 11.6 Å². The average molecular weight is 484 g/mol. The molecule has 8 nitrogen and oxygen atoms in total. The van der Waals surface area contributed by atoms with Crippen molar-refractivity contribution in [1.29, 1.82) is 0 Å². The van der Waals surface area contributed by atoms with Crippen molar-refractivity contribution in [3.8, 4) is 34.5 Å². The van der Waals surface area contributed by atoms with Gasteiger partial charge in [0, 0.05) is 31.3 Å². The largest absolute Gasteiger partial charge is 0.496 e. The summed E-state index contributed by atoms with van der Waals surface area (Å²) >= 11 is 0. The molecule has 3 rings (SSSR count). The van der Waals surface area contributed by atoms with Crippen molar-refractivity contribution in [2.75, 3.05) is 62.8 Å². The lowest BCUT2D eigenvalue weighted by Crippen LogP contribution is -2.24. The van der Waals surface area contributed by atoms with Gasteiger partial charge >= 0.3 is 0 Å². The fourth-order valence-corrected chi connectivity index (χ4v) is 4.12. The number of carbonyl (C=O) groups is 1. The van der Waals surface area contributed by atoms with Gasteiger partial charge in [0.2, 0.25) is 0 Å². The molecule has 0 saturated carbocycles. The Kier molecular flexibility index (Phi) is 8.65. The number of hydrogen-bond acceptors (Lipinski definition) is 8. The molecule has 2 aromatic rings. The van der Waals surface area contributed by atoms with Crippen LogP contribution in [0.3, 0.4) is 0 Å². The van der Waals surface area contributed by atoms with E-state index in [9.17, 15) is 4.79 Å². The second-order valence-corrected chi connectivity index (χ2v) is 7.95. The van der Waals surface area contributed by atoms with Crippen molar-refractivity contribution in [3.63, 3.8) is 0 Å². The summed E-state index contributed by atoms with van der Waals surface area (Å²) in [6, 6.07) is 5.10. The molecule has 0 atom stereocenters. The zero-order valence-electron chi connectivity index (χ0n) is 21.4. The highest BCUT2D eigenvalue weighted by Gasteiger charge is 2.24. The van der Waals surface area contributed by atoms with E-state index in [2.05, 4.69) is 18.0 Å². The van der Waals surface area contributed by atoms with Crippen LogP contribution in [-0.2, 0) is 0 Å². The Balaban J connectivity index is 2.13. The van der Waals surface area contributed by atoms with Crippen molar-refractivity contribution in [3.05, 3.63) is 47.0 Å². The molecule has 0 aliphatic carbocycles. The number of ether oxygens (including phenoxy) is 6. The lowest BCUT2D eigenvalue weighted by atomic mass is 9.94. The van der Waals surface area contributed by atoms with Crippen LogP contribution in [0, 0.1) is 0 Å². The first kappa shape index (κ1) is 26.0. The molecule has 188 valence electrons. The van der Waals surface area contributed by atoms with E-state index in [-0.39, 0.29) is 11.3 Å². The minimum absolute atomic E-state index is 0.289. The molecule has 0 unspecified atom stereocenters. The fraction of sp³-hybridized carbons (Fsp3) is 0.370. The van der Waals surface area contributed by atoms with Gasteiger partial charge in [-0.05, 0) is 31.2 Å². The summed E-state index contributed by atoms with van der Waals surface area (Å²) in [5.41, 5.74) is 2.90. The second-order valence-electron chi connectivity index (χ2n) is 7.95. The highest BCUT2D eigenvalue weighted by Crippen LogP contribution is 2.45. The third kappa shape index (κ3) is 5.38. The molecule has 2 aromatic carbocycles. The standard InChI is InChI=1S/C27H33NO7/c1-28-12-10-17(11-13-28)25-24(34-6)16-21(31-3)19(27(25)35-7)8-9-20(29)26-22(32-4)14-18(30-2)15-23(26)33-5/h8-10,14-16H,11-13H2,1-7H3/b9-8+. The van der Waals surface area contributed by atoms with E-state index in [1.807, 2.05) is 6.07 Å². The maximum absolute atomic E-state index is 13.3. The van der Waals surface area contributed by atoms with E-state index in [4.69, 9.17) is 28.4 Å².